The maximum atomic E-state index is 11.6. The molecule has 1 aliphatic rings. The molecule has 1 fully saturated rings. The smallest absolute Gasteiger partial charge is 0.264 e. The molecule has 6 heteroatoms. The summed E-state index contributed by atoms with van der Waals surface area (Å²) in [4.78, 5) is 12.1. The highest BCUT2D eigenvalue weighted by Gasteiger charge is 2.15. The van der Waals surface area contributed by atoms with E-state index in [0.29, 0.717) is 10.8 Å². The topological polar surface area (TPSA) is 66.9 Å². The first kappa shape index (κ1) is 10.5. The summed E-state index contributed by atoms with van der Waals surface area (Å²) in [5.74, 6) is 0.555. The highest BCUT2D eigenvalue weighted by Crippen LogP contribution is 2.10. The van der Waals surface area contributed by atoms with Crippen molar-refractivity contribution in [2.75, 3.05) is 19.6 Å². The lowest BCUT2D eigenvalue weighted by atomic mass is 9.98. The molecule has 0 unspecified atom stereocenters. The lowest BCUT2D eigenvalue weighted by Crippen LogP contribution is -2.35. The molecule has 5 nitrogen and oxygen atoms in total. The van der Waals surface area contributed by atoms with Gasteiger partial charge in [0.1, 0.15) is 4.88 Å². The molecule has 1 aromatic heterocycles. The molecule has 0 bridgehead atoms. The second kappa shape index (κ2) is 5.18. The van der Waals surface area contributed by atoms with Crippen LogP contribution in [0.25, 0.3) is 0 Å². The molecular formula is C9H14N4OS. The lowest BCUT2D eigenvalue weighted by Gasteiger charge is -2.22. The molecule has 2 heterocycles. The summed E-state index contributed by atoms with van der Waals surface area (Å²) in [5.41, 5.74) is 0. The third-order valence-corrected chi connectivity index (χ3v) is 3.26. The standard InChI is InChI=1S/C9H14N4OS/c14-9(8-6-12-13-15-8)11-5-7-1-3-10-4-2-7/h6-7,10H,1-5H2,(H,11,14). The number of hydrogen-bond acceptors (Lipinski definition) is 5. The molecule has 1 saturated heterocycles. The Bertz CT molecular complexity index is 308. The highest BCUT2D eigenvalue weighted by molar-refractivity contribution is 7.07. The Labute approximate surface area is 92.4 Å². The molecule has 0 aromatic carbocycles. The van der Waals surface area contributed by atoms with Crippen LogP contribution < -0.4 is 10.6 Å². The van der Waals surface area contributed by atoms with E-state index in [1.54, 1.807) is 0 Å². The molecule has 1 aliphatic heterocycles. The van der Waals surface area contributed by atoms with E-state index in [2.05, 4.69) is 20.2 Å². The fourth-order valence-electron chi connectivity index (χ4n) is 1.68. The largest absolute Gasteiger partial charge is 0.351 e. The number of hydrogen-bond donors (Lipinski definition) is 2. The van der Waals surface area contributed by atoms with Gasteiger partial charge in [-0.25, -0.2) is 0 Å². The zero-order chi connectivity index (χ0) is 10.5. The van der Waals surface area contributed by atoms with E-state index in [1.165, 1.54) is 6.20 Å². The molecule has 0 saturated carbocycles. The van der Waals surface area contributed by atoms with Gasteiger partial charge in [-0.15, -0.1) is 5.10 Å². The summed E-state index contributed by atoms with van der Waals surface area (Å²) < 4.78 is 3.66. The average Bonchev–Trinajstić information content (AvgIpc) is 2.81. The van der Waals surface area contributed by atoms with Crippen molar-refractivity contribution in [2.45, 2.75) is 12.8 Å². The fourth-order valence-corrected chi connectivity index (χ4v) is 2.11. The number of amides is 1. The summed E-state index contributed by atoms with van der Waals surface area (Å²) in [5, 5.41) is 9.85. The van der Waals surface area contributed by atoms with Crippen LogP contribution >= 0.6 is 11.5 Å². The van der Waals surface area contributed by atoms with E-state index in [9.17, 15) is 4.79 Å². The van der Waals surface area contributed by atoms with Crippen LogP contribution in [0.2, 0.25) is 0 Å². The Morgan fingerprint density at radius 3 is 3.07 bits per heavy atom. The van der Waals surface area contributed by atoms with Crippen LogP contribution in [-0.2, 0) is 0 Å². The zero-order valence-electron chi connectivity index (χ0n) is 8.40. The van der Waals surface area contributed by atoms with Crippen LogP contribution in [0.15, 0.2) is 6.20 Å². The van der Waals surface area contributed by atoms with Gasteiger partial charge in [0.15, 0.2) is 0 Å². The molecule has 15 heavy (non-hydrogen) atoms. The number of rotatable bonds is 3. The van der Waals surface area contributed by atoms with Crippen molar-refractivity contribution < 1.29 is 4.79 Å². The minimum absolute atomic E-state index is 0.0523. The minimum atomic E-state index is -0.0523. The Morgan fingerprint density at radius 2 is 2.40 bits per heavy atom. The first-order chi connectivity index (χ1) is 7.36. The number of nitrogens with one attached hydrogen (secondary N) is 2. The summed E-state index contributed by atoms with van der Waals surface area (Å²) in [6, 6.07) is 0. The normalized spacial score (nSPS) is 17.6. The molecule has 0 spiro atoms. The number of nitrogens with zero attached hydrogens (tertiary/aromatic N) is 2. The van der Waals surface area contributed by atoms with Crippen molar-refractivity contribution in [1.82, 2.24) is 20.2 Å². The predicted molar refractivity (Wildman–Crippen MR) is 57.8 cm³/mol. The van der Waals surface area contributed by atoms with Crippen molar-refractivity contribution in [2.24, 2.45) is 5.92 Å². The monoisotopic (exact) mass is 226 g/mol. The van der Waals surface area contributed by atoms with Gasteiger partial charge in [-0.3, -0.25) is 4.79 Å². The van der Waals surface area contributed by atoms with Gasteiger partial charge >= 0.3 is 0 Å². The molecule has 2 rings (SSSR count). The molecule has 82 valence electrons. The number of piperidine rings is 1. The third-order valence-electron chi connectivity index (χ3n) is 2.60. The van der Waals surface area contributed by atoms with Crippen molar-refractivity contribution >= 4 is 17.4 Å². The molecule has 0 aliphatic carbocycles. The number of carbonyl (C=O) groups is 1. The quantitative estimate of drug-likeness (QED) is 0.776. The van der Waals surface area contributed by atoms with Crippen LogP contribution in [0.4, 0.5) is 0 Å². The maximum absolute atomic E-state index is 11.6. The fraction of sp³-hybridized carbons (Fsp3) is 0.667. The minimum Gasteiger partial charge on any atom is -0.351 e. The molecular weight excluding hydrogens is 212 g/mol. The van der Waals surface area contributed by atoms with Gasteiger partial charge in [-0.2, -0.15) is 0 Å². The summed E-state index contributed by atoms with van der Waals surface area (Å²) >= 11 is 1.13. The van der Waals surface area contributed by atoms with Crippen molar-refractivity contribution in [3.63, 3.8) is 0 Å². The van der Waals surface area contributed by atoms with Crippen molar-refractivity contribution in [3.05, 3.63) is 11.1 Å². The van der Waals surface area contributed by atoms with Crippen LogP contribution in [-0.4, -0.2) is 35.1 Å². The molecule has 0 radical (unpaired) electrons. The number of carbonyl (C=O) groups excluding carboxylic acids is 1. The van der Waals surface area contributed by atoms with Crippen molar-refractivity contribution in [3.8, 4) is 0 Å². The van der Waals surface area contributed by atoms with Gasteiger partial charge in [-0.1, -0.05) is 4.49 Å². The molecule has 0 atom stereocenters. The highest BCUT2D eigenvalue weighted by atomic mass is 32.1. The van der Waals surface area contributed by atoms with E-state index in [4.69, 9.17) is 0 Å². The Balaban J connectivity index is 1.75. The Hall–Kier alpha value is -1.01. The lowest BCUT2D eigenvalue weighted by molar-refractivity contribution is 0.0948. The first-order valence-electron chi connectivity index (χ1n) is 5.12. The van der Waals surface area contributed by atoms with E-state index >= 15 is 0 Å². The van der Waals surface area contributed by atoms with Crippen molar-refractivity contribution in [1.29, 1.82) is 0 Å². The van der Waals surface area contributed by atoms with Gasteiger partial charge in [0.2, 0.25) is 0 Å². The molecule has 1 aromatic rings. The summed E-state index contributed by atoms with van der Waals surface area (Å²) in [6.07, 6.45) is 3.78. The van der Waals surface area contributed by atoms with Gasteiger partial charge in [0.05, 0.1) is 6.20 Å². The summed E-state index contributed by atoms with van der Waals surface area (Å²) in [6.45, 7) is 2.88. The summed E-state index contributed by atoms with van der Waals surface area (Å²) in [7, 11) is 0. The predicted octanol–water partition coefficient (Wildman–Crippen LogP) is 0.268. The van der Waals surface area contributed by atoms with Crippen LogP contribution in [0.5, 0.6) is 0 Å². The third kappa shape index (κ3) is 2.97. The van der Waals surface area contributed by atoms with Gasteiger partial charge < -0.3 is 10.6 Å². The Kier molecular flexibility index (Phi) is 3.63. The SMILES string of the molecule is O=C(NCC1CCNCC1)c1cnns1. The van der Waals surface area contributed by atoms with Gasteiger partial charge in [-0.05, 0) is 43.4 Å². The van der Waals surface area contributed by atoms with Crippen LogP contribution in [0.1, 0.15) is 22.5 Å². The van der Waals surface area contributed by atoms with E-state index in [0.717, 1.165) is 44.0 Å². The maximum Gasteiger partial charge on any atom is 0.264 e. The zero-order valence-corrected chi connectivity index (χ0v) is 9.22. The number of aromatic nitrogens is 2. The van der Waals surface area contributed by atoms with Crippen LogP contribution in [0, 0.1) is 5.92 Å². The molecule has 2 N–H and O–H groups in total. The van der Waals surface area contributed by atoms with E-state index < -0.39 is 0 Å². The van der Waals surface area contributed by atoms with E-state index in [-0.39, 0.29) is 5.91 Å². The van der Waals surface area contributed by atoms with Gasteiger partial charge in [0.25, 0.3) is 5.91 Å². The Morgan fingerprint density at radius 1 is 1.60 bits per heavy atom. The second-order valence-electron chi connectivity index (χ2n) is 3.69. The first-order valence-corrected chi connectivity index (χ1v) is 5.90. The van der Waals surface area contributed by atoms with E-state index in [1.807, 2.05) is 0 Å². The molecule has 1 amide bonds. The second-order valence-corrected chi connectivity index (χ2v) is 4.47. The van der Waals surface area contributed by atoms with Gasteiger partial charge in [0, 0.05) is 6.54 Å². The average molecular weight is 226 g/mol. The van der Waals surface area contributed by atoms with Crippen LogP contribution in [0.3, 0.4) is 0 Å².